The van der Waals surface area contributed by atoms with Crippen LogP contribution < -0.4 is 5.32 Å². The van der Waals surface area contributed by atoms with Crippen molar-refractivity contribution in [3.63, 3.8) is 0 Å². The molecule has 0 unspecified atom stereocenters. The van der Waals surface area contributed by atoms with Gasteiger partial charge in [-0.2, -0.15) is 4.98 Å². The molecular formula is C18H17N3O3. The predicted octanol–water partition coefficient (Wildman–Crippen LogP) is 3.44. The second-order valence-corrected chi connectivity index (χ2v) is 5.27. The third-order valence-electron chi connectivity index (χ3n) is 3.54. The van der Waals surface area contributed by atoms with Crippen LogP contribution in [0.2, 0.25) is 0 Å². The number of rotatable bonds is 5. The maximum atomic E-state index is 11.7. The molecule has 1 heterocycles. The first-order chi connectivity index (χ1) is 11.7. The first kappa shape index (κ1) is 15.7. The van der Waals surface area contributed by atoms with E-state index >= 15 is 0 Å². The van der Waals surface area contributed by atoms with Gasteiger partial charge in [-0.3, -0.25) is 0 Å². The number of hydrogen-bond donors (Lipinski definition) is 1. The SMILES string of the molecule is COC(=O)c1ccccc1NCc1nc(-c2ccc(C)cc2)no1. The number of nitrogens with zero attached hydrogens (tertiary/aromatic N) is 2. The summed E-state index contributed by atoms with van der Waals surface area (Å²) in [5.41, 5.74) is 3.17. The number of aryl methyl sites for hydroxylation is 1. The fourth-order valence-electron chi connectivity index (χ4n) is 2.24. The number of ether oxygens (including phenoxy) is 1. The summed E-state index contributed by atoms with van der Waals surface area (Å²) in [5.74, 6) is 0.572. The van der Waals surface area contributed by atoms with Crippen molar-refractivity contribution >= 4 is 11.7 Å². The molecule has 0 saturated heterocycles. The number of carbonyl (C=O) groups is 1. The van der Waals surface area contributed by atoms with Crippen LogP contribution in [0.5, 0.6) is 0 Å². The van der Waals surface area contributed by atoms with Crippen LogP contribution in [-0.4, -0.2) is 23.2 Å². The molecular weight excluding hydrogens is 306 g/mol. The molecule has 0 aliphatic carbocycles. The lowest BCUT2D eigenvalue weighted by Gasteiger charge is -2.08. The smallest absolute Gasteiger partial charge is 0.339 e. The van der Waals surface area contributed by atoms with E-state index in [1.807, 2.05) is 37.3 Å². The molecule has 0 fully saturated rings. The lowest BCUT2D eigenvalue weighted by Crippen LogP contribution is -2.08. The Kier molecular flexibility index (Phi) is 4.56. The normalized spacial score (nSPS) is 10.4. The van der Waals surface area contributed by atoms with Gasteiger partial charge in [0.2, 0.25) is 11.7 Å². The molecule has 1 N–H and O–H groups in total. The molecule has 0 amide bonds. The van der Waals surface area contributed by atoms with Crippen LogP contribution in [-0.2, 0) is 11.3 Å². The predicted molar refractivity (Wildman–Crippen MR) is 89.6 cm³/mol. The highest BCUT2D eigenvalue weighted by atomic mass is 16.5. The maximum Gasteiger partial charge on any atom is 0.339 e. The molecule has 6 heteroatoms. The maximum absolute atomic E-state index is 11.7. The van der Waals surface area contributed by atoms with Crippen molar-refractivity contribution in [1.29, 1.82) is 0 Å². The van der Waals surface area contributed by atoms with E-state index in [-0.39, 0.29) is 0 Å². The Hall–Kier alpha value is -3.15. The second-order valence-electron chi connectivity index (χ2n) is 5.27. The Morgan fingerprint density at radius 1 is 1.17 bits per heavy atom. The summed E-state index contributed by atoms with van der Waals surface area (Å²) in [6.45, 7) is 2.33. The highest BCUT2D eigenvalue weighted by Gasteiger charge is 2.12. The summed E-state index contributed by atoms with van der Waals surface area (Å²) >= 11 is 0. The van der Waals surface area contributed by atoms with Gasteiger partial charge in [0.05, 0.1) is 19.2 Å². The zero-order valence-electron chi connectivity index (χ0n) is 13.4. The number of esters is 1. The van der Waals surface area contributed by atoms with Gasteiger partial charge in [-0.1, -0.05) is 47.1 Å². The van der Waals surface area contributed by atoms with Gasteiger partial charge < -0.3 is 14.6 Å². The van der Waals surface area contributed by atoms with Crippen molar-refractivity contribution in [3.8, 4) is 11.4 Å². The molecule has 1 aromatic heterocycles. The van der Waals surface area contributed by atoms with Crippen LogP contribution in [0.4, 0.5) is 5.69 Å². The highest BCUT2D eigenvalue weighted by molar-refractivity contribution is 5.95. The molecule has 0 aliphatic heterocycles. The summed E-state index contributed by atoms with van der Waals surface area (Å²) < 4.78 is 10.0. The van der Waals surface area contributed by atoms with Crippen molar-refractivity contribution < 1.29 is 14.1 Å². The van der Waals surface area contributed by atoms with Gasteiger partial charge in [0, 0.05) is 11.3 Å². The molecule has 0 radical (unpaired) electrons. The highest BCUT2D eigenvalue weighted by Crippen LogP contribution is 2.19. The molecule has 2 aromatic carbocycles. The van der Waals surface area contributed by atoms with Gasteiger partial charge >= 0.3 is 5.97 Å². The molecule has 0 bridgehead atoms. The molecule has 3 rings (SSSR count). The minimum absolute atomic E-state index is 0.312. The fraction of sp³-hybridized carbons (Fsp3) is 0.167. The van der Waals surface area contributed by atoms with Crippen LogP contribution in [0.15, 0.2) is 53.1 Å². The third kappa shape index (κ3) is 3.43. The topological polar surface area (TPSA) is 77.2 Å². The Bertz CT molecular complexity index is 841. The lowest BCUT2D eigenvalue weighted by molar-refractivity contribution is 0.0602. The number of methoxy groups -OCH3 is 1. The zero-order valence-corrected chi connectivity index (χ0v) is 13.4. The van der Waals surface area contributed by atoms with Gasteiger partial charge in [0.25, 0.3) is 0 Å². The Morgan fingerprint density at radius 2 is 1.92 bits per heavy atom. The molecule has 6 nitrogen and oxygen atoms in total. The number of para-hydroxylation sites is 1. The van der Waals surface area contributed by atoms with Gasteiger partial charge in [-0.15, -0.1) is 0 Å². The molecule has 122 valence electrons. The van der Waals surface area contributed by atoms with Crippen LogP contribution >= 0.6 is 0 Å². The summed E-state index contributed by atoms with van der Waals surface area (Å²) in [7, 11) is 1.35. The molecule has 0 aliphatic rings. The molecule has 24 heavy (non-hydrogen) atoms. The number of carbonyl (C=O) groups excluding carboxylic acids is 1. The van der Waals surface area contributed by atoms with Gasteiger partial charge in [0.15, 0.2) is 0 Å². The van der Waals surface area contributed by atoms with E-state index in [2.05, 4.69) is 15.5 Å². The largest absolute Gasteiger partial charge is 0.465 e. The average molecular weight is 323 g/mol. The Morgan fingerprint density at radius 3 is 2.67 bits per heavy atom. The van der Waals surface area contributed by atoms with Crippen molar-refractivity contribution in [2.45, 2.75) is 13.5 Å². The van der Waals surface area contributed by atoms with Crippen molar-refractivity contribution in [2.24, 2.45) is 0 Å². The summed E-state index contributed by atoms with van der Waals surface area (Å²) in [6.07, 6.45) is 0. The van der Waals surface area contributed by atoms with Gasteiger partial charge in [-0.05, 0) is 19.1 Å². The van der Waals surface area contributed by atoms with Crippen LogP contribution in [0.1, 0.15) is 21.8 Å². The minimum atomic E-state index is -0.399. The Labute approximate surface area is 139 Å². The summed E-state index contributed by atoms with van der Waals surface area (Å²) in [5, 5.41) is 7.11. The van der Waals surface area contributed by atoms with Crippen molar-refractivity contribution in [1.82, 2.24) is 10.1 Å². The number of nitrogens with one attached hydrogen (secondary N) is 1. The lowest BCUT2D eigenvalue weighted by atomic mass is 10.1. The van der Waals surface area contributed by atoms with Crippen LogP contribution in [0, 0.1) is 6.92 Å². The average Bonchev–Trinajstić information content (AvgIpc) is 3.09. The minimum Gasteiger partial charge on any atom is -0.465 e. The standard InChI is InChI=1S/C18H17N3O3/c1-12-7-9-13(10-8-12)17-20-16(24-21-17)11-19-15-6-4-3-5-14(15)18(22)23-2/h3-10,19H,11H2,1-2H3. The zero-order chi connectivity index (χ0) is 16.9. The number of hydrogen-bond acceptors (Lipinski definition) is 6. The van der Waals surface area contributed by atoms with Crippen LogP contribution in [0.25, 0.3) is 11.4 Å². The first-order valence-corrected chi connectivity index (χ1v) is 7.48. The molecule has 0 spiro atoms. The summed E-state index contributed by atoms with van der Waals surface area (Å²) in [6, 6.07) is 15.0. The molecule has 0 saturated carbocycles. The molecule has 0 atom stereocenters. The first-order valence-electron chi connectivity index (χ1n) is 7.48. The van der Waals surface area contributed by atoms with E-state index in [9.17, 15) is 4.79 Å². The quantitative estimate of drug-likeness (QED) is 0.725. The number of aromatic nitrogens is 2. The monoisotopic (exact) mass is 323 g/mol. The van der Waals surface area contributed by atoms with Crippen LogP contribution in [0.3, 0.4) is 0 Å². The van der Waals surface area contributed by atoms with Crippen molar-refractivity contribution in [3.05, 3.63) is 65.5 Å². The number of benzene rings is 2. The summed E-state index contributed by atoms with van der Waals surface area (Å²) in [4.78, 5) is 16.1. The van der Waals surface area contributed by atoms with Gasteiger partial charge in [0.1, 0.15) is 0 Å². The molecule has 3 aromatic rings. The van der Waals surface area contributed by atoms with E-state index in [0.717, 1.165) is 5.56 Å². The van der Waals surface area contributed by atoms with E-state index in [0.29, 0.717) is 29.5 Å². The van der Waals surface area contributed by atoms with E-state index < -0.39 is 5.97 Å². The Balaban J connectivity index is 1.72. The van der Waals surface area contributed by atoms with E-state index in [4.69, 9.17) is 9.26 Å². The number of anilines is 1. The fourth-order valence-corrected chi connectivity index (χ4v) is 2.24. The van der Waals surface area contributed by atoms with E-state index in [1.165, 1.54) is 12.7 Å². The third-order valence-corrected chi connectivity index (χ3v) is 3.54. The van der Waals surface area contributed by atoms with E-state index in [1.54, 1.807) is 18.2 Å². The van der Waals surface area contributed by atoms with Crippen molar-refractivity contribution in [2.75, 3.05) is 12.4 Å². The van der Waals surface area contributed by atoms with Gasteiger partial charge in [-0.25, -0.2) is 4.79 Å². The second kappa shape index (κ2) is 6.95.